The van der Waals surface area contributed by atoms with Gasteiger partial charge in [-0.3, -0.25) is 10.1 Å². The first kappa shape index (κ1) is 21.9. The Hall–Kier alpha value is -2.78. The predicted octanol–water partition coefficient (Wildman–Crippen LogP) is 3.87. The summed E-state index contributed by atoms with van der Waals surface area (Å²) in [6.07, 6.45) is 1.20. The lowest BCUT2D eigenvalue weighted by atomic mass is 9.94. The van der Waals surface area contributed by atoms with Crippen molar-refractivity contribution in [3.05, 3.63) is 59.9 Å². The van der Waals surface area contributed by atoms with E-state index in [9.17, 15) is 22.4 Å². The minimum atomic E-state index is -3.76. The summed E-state index contributed by atoms with van der Waals surface area (Å²) in [7, 11) is -3.76. The van der Waals surface area contributed by atoms with Gasteiger partial charge in [0.1, 0.15) is 11.9 Å². The number of ether oxygens (including phenoxy) is 1. The normalized spacial score (nSPS) is 19.1. The molecule has 0 saturated heterocycles. The monoisotopic (exact) mass is 434 g/mol. The van der Waals surface area contributed by atoms with Crippen LogP contribution in [0, 0.1) is 5.82 Å². The highest BCUT2D eigenvalue weighted by Gasteiger charge is 2.28. The number of nitrogens with one attached hydrogen (secondary N) is 2. The average Bonchev–Trinajstić information content (AvgIpc) is 2.69. The molecule has 9 heteroatoms. The number of anilines is 1. The molecule has 1 saturated carbocycles. The molecule has 0 bridgehead atoms. The minimum absolute atomic E-state index is 0.0737. The maximum atomic E-state index is 12.9. The molecule has 2 aromatic carbocycles. The van der Waals surface area contributed by atoms with Gasteiger partial charge in [0.2, 0.25) is 10.0 Å². The van der Waals surface area contributed by atoms with Gasteiger partial charge in [-0.25, -0.2) is 22.3 Å². The third kappa shape index (κ3) is 5.87. The van der Waals surface area contributed by atoms with Crippen LogP contribution in [-0.2, 0) is 14.8 Å². The number of halogens is 1. The third-order valence-corrected chi connectivity index (χ3v) is 6.42. The van der Waals surface area contributed by atoms with E-state index in [4.69, 9.17) is 4.74 Å². The minimum Gasteiger partial charge on any atom is -0.446 e. The zero-order valence-electron chi connectivity index (χ0n) is 16.4. The van der Waals surface area contributed by atoms with Gasteiger partial charge in [-0.1, -0.05) is 12.1 Å². The lowest BCUT2D eigenvalue weighted by Crippen LogP contribution is -2.41. The van der Waals surface area contributed by atoms with Gasteiger partial charge in [0.05, 0.1) is 4.90 Å². The number of Topliss-reactive ketones (excluding diaryl/α,β-unsaturated/α-hetero) is 1. The van der Waals surface area contributed by atoms with E-state index < -0.39 is 28.0 Å². The molecule has 1 aliphatic rings. The summed E-state index contributed by atoms with van der Waals surface area (Å²) in [6, 6.07) is 10.7. The molecule has 1 fully saturated rings. The van der Waals surface area contributed by atoms with Crippen LogP contribution in [0.25, 0.3) is 0 Å². The van der Waals surface area contributed by atoms with Crippen molar-refractivity contribution in [1.82, 2.24) is 4.72 Å². The Morgan fingerprint density at radius 2 is 1.70 bits per heavy atom. The van der Waals surface area contributed by atoms with Crippen LogP contribution in [0.5, 0.6) is 0 Å². The fraction of sp³-hybridized carbons (Fsp3) is 0.333. The van der Waals surface area contributed by atoms with Gasteiger partial charge in [0.25, 0.3) is 0 Å². The summed E-state index contributed by atoms with van der Waals surface area (Å²) in [5.74, 6) is -0.551. The SMILES string of the molecule is CC(=O)c1ccc(S(=O)(=O)N[C@@H]2CCC[C@H](OC(=O)Nc3ccc(F)cc3)C2)cc1. The zero-order chi connectivity index (χ0) is 21.7. The Kier molecular flexibility index (Phi) is 6.84. The van der Waals surface area contributed by atoms with Crippen LogP contribution in [0.15, 0.2) is 53.4 Å². The van der Waals surface area contributed by atoms with Crippen molar-refractivity contribution in [3.8, 4) is 0 Å². The summed E-state index contributed by atoms with van der Waals surface area (Å²) in [4.78, 5) is 23.5. The fourth-order valence-corrected chi connectivity index (χ4v) is 4.63. The van der Waals surface area contributed by atoms with E-state index >= 15 is 0 Å². The topological polar surface area (TPSA) is 102 Å². The summed E-state index contributed by atoms with van der Waals surface area (Å²) in [5.41, 5.74) is 0.843. The van der Waals surface area contributed by atoms with Crippen molar-refractivity contribution in [2.24, 2.45) is 0 Å². The third-order valence-electron chi connectivity index (χ3n) is 4.88. The van der Waals surface area contributed by atoms with E-state index in [1.165, 1.54) is 55.5 Å². The largest absolute Gasteiger partial charge is 0.446 e. The molecule has 0 spiro atoms. The van der Waals surface area contributed by atoms with Crippen LogP contribution in [0.1, 0.15) is 43.0 Å². The van der Waals surface area contributed by atoms with Gasteiger partial charge in [-0.15, -0.1) is 0 Å². The summed E-state index contributed by atoms with van der Waals surface area (Å²) in [5, 5.41) is 2.53. The molecule has 0 heterocycles. The fourth-order valence-electron chi connectivity index (χ4n) is 3.35. The second-order valence-electron chi connectivity index (χ2n) is 7.22. The van der Waals surface area contributed by atoms with Crippen LogP contribution >= 0.6 is 0 Å². The van der Waals surface area contributed by atoms with Crippen LogP contribution in [0.4, 0.5) is 14.9 Å². The Bertz CT molecular complexity index is 1010. The molecular weight excluding hydrogens is 411 g/mol. The van der Waals surface area contributed by atoms with E-state index in [1.807, 2.05) is 0 Å². The number of sulfonamides is 1. The molecule has 3 rings (SSSR count). The van der Waals surface area contributed by atoms with E-state index in [0.29, 0.717) is 36.9 Å². The van der Waals surface area contributed by atoms with Crippen LogP contribution < -0.4 is 10.0 Å². The molecule has 2 atom stereocenters. The smallest absolute Gasteiger partial charge is 0.411 e. The summed E-state index contributed by atoms with van der Waals surface area (Å²) >= 11 is 0. The number of hydrogen-bond donors (Lipinski definition) is 2. The van der Waals surface area contributed by atoms with Gasteiger partial charge >= 0.3 is 6.09 Å². The number of amides is 1. The highest BCUT2D eigenvalue weighted by atomic mass is 32.2. The number of hydrogen-bond acceptors (Lipinski definition) is 5. The van der Waals surface area contributed by atoms with Crippen molar-refractivity contribution in [1.29, 1.82) is 0 Å². The summed E-state index contributed by atoms with van der Waals surface area (Å²) in [6.45, 7) is 1.41. The van der Waals surface area contributed by atoms with E-state index in [1.54, 1.807) is 0 Å². The molecule has 0 aliphatic heterocycles. The second-order valence-corrected chi connectivity index (χ2v) is 8.94. The van der Waals surface area contributed by atoms with Gasteiger partial charge in [-0.05, 0) is 62.6 Å². The first-order valence-electron chi connectivity index (χ1n) is 9.59. The molecule has 30 heavy (non-hydrogen) atoms. The second kappa shape index (κ2) is 9.36. The molecule has 160 valence electrons. The van der Waals surface area contributed by atoms with Crippen molar-refractivity contribution in [2.75, 3.05) is 5.32 Å². The van der Waals surface area contributed by atoms with Gasteiger partial charge in [-0.2, -0.15) is 0 Å². The number of carbonyl (C=O) groups excluding carboxylic acids is 2. The Labute approximate surface area is 174 Å². The van der Waals surface area contributed by atoms with Crippen molar-refractivity contribution in [3.63, 3.8) is 0 Å². The Balaban J connectivity index is 1.56. The lowest BCUT2D eigenvalue weighted by Gasteiger charge is -2.29. The quantitative estimate of drug-likeness (QED) is 0.672. The number of benzene rings is 2. The average molecular weight is 434 g/mol. The molecule has 0 radical (unpaired) electrons. The van der Waals surface area contributed by atoms with Crippen LogP contribution in [0.3, 0.4) is 0 Å². The molecule has 7 nitrogen and oxygen atoms in total. The first-order valence-corrected chi connectivity index (χ1v) is 11.1. The standard InChI is InChI=1S/C21H23FN2O5S/c1-14(25)15-5-11-20(12-6-15)30(27,28)24-18-3-2-4-19(13-18)29-21(26)23-17-9-7-16(22)8-10-17/h5-12,18-19,24H,2-4,13H2,1H3,(H,23,26)/t18-,19+/m1/s1. The Morgan fingerprint density at radius 3 is 2.33 bits per heavy atom. The molecule has 2 N–H and O–H groups in total. The zero-order valence-corrected chi connectivity index (χ0v) is 17.2. The predicted molar refractivity (Wildman–Crippen MR) is 109 cm³/mol. The molecule has 0 aromatic heterocycles. The van der Waals surface area contributed by atoms with E-state index in [2.05, 4.69) is 10.0 Å². The van der Waals surface area contributed by atoms with Gasteiger partial charge in [0.15, 0.2) is 5.78 Å². The Morgan fingerprint density at radius 1 is 1.03 bits per heavy atom. The highest BCUT2D eigenvalue weighted by molar-refractivity contribution is 7.89. The van der Waals surface area contributed by atoms with Crippen LogP contribution in [-0.4, -0.2) is 32.4 Å². The summed E-state index contributed by atoms with van der Waals surface area (Å²) < 4.78 is 46.3. The first-order chi connectivity index (χ1) is 14.2. The number of ketones is 1. The molecule has 1 amide bonds. The van der Waals surface area contributed by atoms with Crippen molar-refractivity contribution < 1.29 is 27.1 Å². The van der Waals surface area contributed by atoms with Gasteiger partial charge in [0, 0.05) is 23.7 Å². The lowest BCUT2D eigenvalue weighted by molar-refractivity contribution is 0.0792. The maximum absolute atomic E-state index is 12.9. The van der Waals surface area contributed by atoms with Crippen LogP contribution in [0.2, 0.25) is 0 Å². The van der Waals surface area contributed by atoms with E-state index in [-0.39, 0.29) is 16.7 Å². The van der Waals surface area contributed by atoms with E-state index in [0.717, 1.165) is 0 Å². The van der Waals surface area contributed by atoms with Crippen molar-refractivity contribution in [2.45, 2.75) is 49.6 Å². The number of carbonyl (C=O) groups is 2. The molecule has 2 aromatic rings. The maximum Gasteiger partial charge on any atom is 0.411 e. The highest BCUT2D eigenvalue weighted by Crippen LogP contribution is 2.24. The molecule has 1 aliphatic carbocycles. The van der Waals surface area contributed by atoms with Gasteiger partial charge < -0.3 is 4.74 Å². The number of rotatable bonds is 6. The molecule has 0 unspecified atom stereocenters. The molecular formula is C21H23FN2O5S. The van der Waals surface area contributed by atoms with Crippen molar-refractivity contribution >= 4 is 27.6 Å².